The van der Waals surface area contributed by atoms with E-state index in [0.29, 0.717) is 28.3 Å². The van der Waals surface area contributed by atoms with E-state index in [4.69, 9.17) is 18.6 Å². The molecule has 0 bridgehead atoms. The van der Waals surface area contributed by atoms with Gasteiger partial charge >= 0.3 is 11.7 Å². The molecule has 0 N–H and O–H groups in total. The molecule has 0 spiro atoms. The lowest BCUT2D eigenvalue weighted by molar-refractivity contribution is -0.145. The van der Waals surface area contributed by atoms with Crippen molar-refractivity contribution in [1.82, 2.24) is 9.55 Å². The number of aromatic nitrogens is 2. The fourth-order valence-electron chi connectivity index (χ4n) is 3.21. The number of hydrogen-bond donors (Lipinski definition) is 0. The fourth-order valence-corrected chi connectivity index (χ4v) is 4.03. The van der Waals surface area contributed by atoms with Gasteiger partial charge in [0.2, 0.25) is 0 Å². The van der Waals surface area contributed by atoms with Gasteiger partial charge in [0.15, 0.2) is 17.1 Å². The zero-order chi connectivity index (χ0) is 21.8. The van der Waals surface area contributed by atoms with Crippen LogP contribution in [0.25, 0.3) is 21.7 Å². The summed E-state index contributed by atoms with van der Waals surface area (Å²) in [6, 6.07) is 12.6. The molecular weight excluding hydrogens is 420 g/mol. The third-order valence-electron chi connectivity index (χ3n) is 4.68. The van der Waals surface area contributed by atoms with E-state index < -0.39 is 11.7 Å². The molecule has 0 radical (unpaired) electrons. The van der Waals surface area contributed by atoms with Gasteiger partial charge < -0.3 is 18.6 Å². The monoisotopic (exact) mass is 440 g/mol. The number of oxazole rings is 1. The molecule has 0 fully saturated rings. The first-order valence-corrected chi connectivity index (χ1v) is 10.4. The minimum atomic E-state index is -0.495. The molecule has 2 aromatic heterocycles. The number of rotatable bonds is 8. The van der Waals surface area contributed by atoms with Crippen LogP contribution in [0.15, 0.2) is 57.1 Å². The molecule has 0 aliphatic carbocycles. The lowest BCUT2D eigenvalue weighted by atomic mass is 10.2. The normalized spacial score (nSPS) is 10.9. The second kappa shape index (κ2) is 9.05. The summed E-state index contributed by atoms with van der Waals surface area (Å²) < 4.78 is 22.7. The van der Waals surface area contributed by atoms with E-state index in [0.717, 1.165) is 10.6 Å². The van der Waals surface area contributed by atoms with E-state index in [1.54, 1.807) is 32.4 Å². The molecule has 9 heteroatoms. The summed E-state index contributed by atoms with van der Waals surface area (Å²) in [5.74, 6) is 0.293. The van der Waals surface area contributed by atoms with Crippen LogP contribution >= 0.6 is 11.3 Å². The van der Waals surface area contributed by atoms with Crippen molar-refractivity contribution in [3.05, 3.63) is 64.1 Å². The molecule has 2 aromatic carbocycles. The molecule has 2 heterocycles. The van der Waals surface area contributed by atoms with E-state index in [1.807, 2.05) is 29.6 Å². The van der Waals surface area contributed by atoms with Crippen LogP contribution < -0.4 is 15.2 Å². The van der Waals surface area contributed by atoms with Gasteiger partial charge in [0.05, 0.1) is 37.4 Å². The predicted molar refractivity (Wildman–Crippen MR) is 116 cm³/mol. The van der Waals surface area contributed by atoms with Gasteiger partial charge in [0.25, 0.3) is 0 Å². The number of nitrogens with zero attached hydrogens (tertiary/aromatic N) is 2. The van der Waals surface area contributed by atoms with E-state index in [9.17, 15) is 9.59 Å². The van der Waals surface area contributed by atoms with Gasteiger partial charge in [-0.15, -0.1) is 11.3 Å². The first-order valence-electron chi connectivity index (χ1n) is 9.50. The Bertz CT molecular complexity index is 1270. The van der Waals surface area contributed by atoms with E-state index in [2.05, 4.69) is 4.98 Å². The Morgan fingerprint density at radius 3 is 2.77 bits per heavy atom. The van der Waals surface area contributed by atoms with Gasteiger partial charge in [0, 0.05) is 11.9 Å². The van der Waals surface area contributed by atoms with Crippen molar-refractivity contribution in [2.75, 3.05) is 14.2 Å². The van der Waals surface area contributed by atoms with Crippen molar-refractivity contribution < 1.29 is 23.4 Å². The maximum absolute atomic E-state index is 12.2. The minimum Gasteiger partial charge on any atom is -0.493 e. The average Bonchev–Trinajstić information content (AvgIpc) is 3.39. The van der Waals surface area contributed by atoms with Crippen LogP contribution in [0, 0.1) is 0 Å². The zero-order valence-electron chi connectivity index (χ0n) is 17.0. The van der Waals surface area contributed by atoms with Crippen molar-refractivity contribution in [3.8, 4) is 22.1 Å². The maximum atomic E-state index is 12.2. The fraction of sp³-hybridized carbons (Fsp3) is 0.227. The summed E-state index contributed by atoms with van der Waals surface area (Å²) in [6.45, 7) is 0.223. The number of carbonyl (C=O) groups excluding carboxylic acids is 1. The standard InChI is InChI=1S/C22H20N2O6S/c1-27-18-9-5-6-15(20(18)28-2)21-23-14(13-31-21)12-29-19(25)10-11-24-16-7-3-4-8-17(16)30-22(24)26/h3-9,13H,10-12H2,1-2H3. The Balaban J connectivity index is 1.38. The van der Waals surface area contributed by atoms with Crippen molar-refractivity contribution in [2.45, 2.75) is 19.6 Å². The van der Waals surface area contributed by atoms with Gasteiger partial charge in [-0.2, -0.15) is 0 Å². The van der Waals surface area contributed by atoms with Crippen LogP contribution in [0.5, 0.6) is 11.5 Å². The van der Waals surface area contributed by atoms with Crippen LogP contribution in [-0.4, -0.2) is 29.7 Å². The Labute approximate surface area is 181 Å². The number of thiazole rings is 1. The topological polar surface area (TPSA) is 92.8 Å². The van der Waals surface area contributed by atoms with E-state index in [-0.39, 0.29) is 19.6 Å². The summed E-state index contributed by atoms with van der Waals surface area (Å²) >= 11 is 1.42. The number of hydrogen-bond acceptors (Lipinski definition) is 8. The second-order valence-electron chi connectivity index (χ2n) is 6.58. The number of fused-ring (bicyclic) bond motifs is 1. The summed E-state index contributed by atoms with van der Waals surface area (Å²) in [5.41, 5.74) is 2.57. The minimum absolute atomic E-state index is 0.0443. The Kier molecular flexibility index (Phi) is 6.03. The molecule has 0 aliphatic rings. The van der Waals surface area contributed by atoms with Crippen molar-refractivity contribution >= 4 is 28.4 Å². The third kappa shape index (κ3) is 4.31. The molecule has 4 aromatic rings. The number of carbonyl (C=O) groups is 1. The predicted octanol–water partition coefficient (Wildman–Crippen LogP) is 3.87. The number of esters is 1. The smallest absolute Gasteiger partial charge is 0.419 e. The average molecular weight is 440 g/mol. The highest BCUT2D eigenvalue weighted by Crippen LogP contribution is 2.39. The lowest BCUT2D eigenvalue weighted by Crippen LogP contribution is -2.17. The van der Waals surface area contributed by atoms with Crippen molar-refractivity contribution in [3.63, 3.8) is 0 Å². The molecule has 8 nitrogen and oxygen atoms in total. The van der Waals surface area contributed by atoms with Crippen LogP contribution in [-0.2, 0) is 22.7 Å². The number of aryl methyl sites for hydroxylation is 1. The molecule has 4 rings (SSSR count). The summed E-state index contributed by atoms with van der Waals surface area (Å²) in [5, 5.41) is 2.56. The number of benzene rings is 2. The van der Waals surface area contributed by atoms with E-state index >= 15 is 0 Å². The van der Waals surface area contributed by atoms with Gasteiger partial charge in [-0.25, -0.2) is 9.78 Å². The molecule has 31 heavy (non-hydrogen) atoms. The molecule has 0 saturated carbocycles. The molecular formula is C22H20N2O6S. The lowest BCUT2D eigenvalue weighted by Gasteiger charge is -2.10. The highest BCUT2D eigenvalue weighted by Gasteiger charge is 2.16. The van der Waals surface area contributed by atoms with Gasteiger partial charge in [-0.05, 0) is 24.3 Å². The SMILES string of the molecule is COc1cccc(-c2nc(COC(=O)CCn3c(=O)oc4ccccc43)cs2)c1OC. The van der Waals surface area contributed by atoms with Crippen LogP contribution in [0.4, 0.5) is 0 Å². The van der Waals surface area contributed by atoms with Gasteiger partial charge in [-0.3, -0.25) is 9.36 Å². The number of ether oxygens (including phenoxy) is 3. The largest absolute Gasteiger partial charge is 0.493 e. The molecule has 0 amide bonds. The van der Waals surface area contributed by atoms with Crippen LogP contribution in [0.2, 0.25) is 0 Å². The van der Waals surface area contributed by atoms with Crippen molar-refractivity contribution in [2.24, 2.45) is 0 Å². The molecule has 0 aliphatic heterocycles. The molecule has 0 saturated heterocycles. The molecule has 0 atom stereocenters. The van der Waals surface area contributed by atoms with Crippen LogP contribution in [0.1, 0.15) is 12.1 Å². The first kappa shape index (κ1) is 20.7. The molecule has 0 unspecified atom stereocenters. The highest BCUT2D eigenvalue weighted by molar-refractivity contribution is 7.13. The first-order chi connectivity index (χ1) is 15.1. The highest BCUT2D eigenvalue weighted by atomic mass is 32.1. The molecule has 160 valence electrons. The summed E-state index contributed by atoms with van der Waals surface area (Å²) in [6.07, 6.45) is 0.0458. The Morgan fingerprint density at radius 1 is 1.13 bits per heavy atom. The second-order valence-corrected chi connectivity index (χ2v) is 7.44. The Morgan fingerprint density at radius 2 is 1.97 bits per heavy atom. The van der Waals surface area contributed by atoms with Gasteiger partial charge in [-0.1, -0.05) is 18.2 Å². The van der Waals surface area contributed by atoms with Crippen molar-refractivity contribution in [1.29, 1.82) is 0 Å². The number of para-hydroxylation sites is 3. The maximum Gasteiger partial charge on any atom is 0.419 e. The zero-order valence-corrected chi connectivity index (χ0v) is 17.8. The van der Waals surface area contributed by atoms with Gasteiger partial charge in [0.1, 0.15) is 11.6 Å². The van der Waals surface area contributed by atoms with Crippen LogP contribution in [0.3, 0.4) is 0 Å². The Hall–Kier alpha value is -3.59. The summed E-state index contributed by atoms with van der Waals surface area (Å²) in [4.78, 5) is 28.7. The third-order valence-corrected chi connectivity index (χ3v) is 5.60. The quantitative estimate of drug-likeness (QED) is 0.384. The summed E-state index contributed by atoms with van der Waals surface area (Å²) in [7, 11) is 3.15. The number of methoxy groups -OCH3 is 2. The van der Waals surface area contributed by atoms with E-state index in [1.165, 1.54) is 15.9 Å².